The van der Waals surface area contributed by atoms with E-state index in [2.05, 4.69) is 48.0 Å². The molecule has 0 amide bonds. The standard InChI is InChI=1S/C17H26N4OS/c1-11-10-23-17-15(11)16(18-14(4)19-17)20(5)6-7-21-8-12(2)22-13(3)9-21/h10,12-13H,6-9H2,1-5H3/t12-,13+. The number of rotatable bonds is 4. The largest absolute Gasteiger partial charge is 0.373 e. The van der Waals surface area contributed by atoms with Gasteiger partial charge in [0.05, 0.1) is 17.6 Å². The molecule has 3 rings (SSSR count). The van der Waals surface area contributed by atoms with E-state index in [4.69, 9.17) is 9.72 Å². The van der Waals surface area contributed by atoms with Crippen LogP contribution in [0.1, 0.15) is 25.2 Å². The first-order valence-corrected chi connectivity index (χ1v) is 9.13. The Morgan fingerprint density at radius 2 is 1.96 bits per heavy atom. The van der Waals surface area contributed by atoms with Gasteiger partial charge in [-0.3, -0.25) is 4.90 Å². The third kappa shape index (κ3) is 3.65. The van der Waals surface area contributed by atoms with E-state index < -0.39 is 0 Å². The molecule has 1 aliphatic heterocycles. The van der Waals surface area contributed by atoms with Crippen molar-refractivity contribution in [3.8, 4) is 0 Å². The van der Waals surface area contributed by atoms with Crippen LogP contribution in [0.4, 0.5) is 5.82 Å². The Labute approximate surface area is 142 Å². The fraction of sp³-hybridized carbons (Fsp3) is 0.647. The number of anilines is 1. The van der Waals surface area contributed by atoms with Gasteiger partial charge in [0.1, 0.15) is 16.5 Å². The van der Waals surface area contributed by atoms with Crippen molar-refractivity contribution in [1.82, 2.24) is 14.9 Å². The van der Waals surface area contributed by atoms with Crippen molar-refractivity contribution in [1.29, 1.82) is 0 Å². The highest BCUT2D eigenvalue weighted by Gasteiger charge is 2.22. The van der Waals surface area contributed by atoms with Crippen LogP contribution in [-0.2, 0) is 4.74 Å². The molecule has 1 saturated heterocycles. The van der Waals surface area contributed by atoms with Crippen LogP contribution < -0.4 is 4.90 Å². The second kappa shape index (κ2) is 6.71. The molecule has 3 heterocycles. The topological polar surface area (TPSA) is 41.5 Å². The summed E-state index contributed by atoms with van der Waals surface area (Å²) in [6.07, 6.45) is 0.632. The molecule has 23 heavy (non-hydrogen) atoms. The molecule has 2 atom stereocenters. The maximum absolute atomic E-state index is 5.81. The zero-order valence-electron chi connectivity index (χ0n) is 14.7. The molecule has 0 aromatic carbocycles. The molecule has 1 fully saturated rings. The fourth-order valence-corrected chi connectivity index (χ4v) is 4.27. The number of hydrogen-bond acceptors (Lipinski definition) is 6. The van der Waals surface area contributed by atoms with Gasteiger partial charge in [-0.1, -0.05) is 0 Å². The second-order valence-electron chi connectivity index (χ2n) is 6.63. The smallest absolute Gasteiger partial charge is 0.141 e. The number of fused-ring (bicyclic) bond motifs is 1. The van der Waals surface area contributed by atoms with E-state index in [1.165, 1.54) is 10.9 Å². The molecular weight excluding hydrogens is 308 g/mol. The minimum atomic E-state index is 0.316. The van der Waals surface area contributed by atoms with Crippen LogP contribution in [0.5, 0.6) is 0 Å². The number of thiophene rings is 1. The summed E-state index contributed by atoms with van der Waals surface area (Å²) in [6, 6.07) is 0. The number of morpholine rings is 1. The molecule has 0 unspecified atom stereocenters. The SMILES string of the molecule is Cc1nc(N(C)CCN2C[C@@H](C)O[C@@H](C)C2)c2c(C)csc2n1. The van der Waals surface area contributed by atoms with Crippen LogP contribution in [-0.4, -0.2) is 60.3 Å². The molecule has 0 N–H and O–H groups in total. The predicted octanol–water partition coefficient (Wildman–Crippen LogP) is 2.85. The summed E-state index contributed by atoms with van der Waals surface area (Å²) in [5.41, 5.74) is 1.26. The van der Waals surface area contributed by atoms with Crippen LogP contribution in [0.15, 0.2) is 5.38 Å². The molecule has 5 nitrogen and oxygen atoms in total. The first kappa shape index (κ1) is 16.6. The maximum atomic E-state index is 5.81. The van der Waals surface area contributed by atoms with E-state index in [1.807, 2.05) is 6.92 Å². The van der Waals surface area contributed by atoms with Gasteiger partial charge in [-0.25, -0.2) is 9.97 Å². The molecular formula is C17H26N4OS. The molecule has 2 aromatic heterocycles. The van der Waals surface area contributed by atoms with Gasteiger partial charge in [0, 0.05) is 33.2 Å². The lowest BCUT2D eigenvalue weighted by Gasteiger charge is -2.36. The number of likely N-dealkylation sites (N-methyl/N-ethyl adjacent to an activating group) is 1. The molecule has 6 heteroatoms. The van der Waals surface area contributed by atoms with Crippen molar-refractivity contribution in [2.24, 2.45) is 0 Å². The average molecular weight is 334 g/mol. The van der Waals surface area contributed by atoms with Crippen molar-refractivity contribution >= 4 is 27.4 Å². The third-order valence-corrected chi connectivity index (χ3v) is 5.31. The van der Waals surface area contributed by atoms with Crippen LogP contribution in [0.3, 0.4) is 0 Å². The molecule has 2 aromatic rings. The van der Waals surface area contributed by atoms with Crippen molar-refractivity contribution in [3.63, 3.8) is 0 Å². The van der Waals surface area contributed by atoms with Gasteiger partial charge in [-0.15, -0.1) is 11.3 Å². The zero-order valence-corrected chi connectivity index (χ0v) is 15.5. The Bertz CT molecular complexity index is 677. The number of aryl methyl sites for hydroxylation is 2. The van der Waals surface area contributed by atoms with E-state index >= 15 is 0 Å². The Kier molecular flexibility index (Phi) is 4.85. The molecule has 126 valence electrons. The van der Waals surface area contributed by atoms with Crippen LogP contribution in [0, 0.1) is 13.8 Å². The quantitative estimate of drug-likeness (QED) is 0.860. The molecule has 0 aliphatic carbocycles. The Morgan fingerprint density at radius 3 is 2.65 bits per heavy atom. The fourth-order valence-electron chi connectivity index (χ4n) is 3.31. The minimum Gasteiger partial charge on any atom is -0.373 e. The Balaban J connectivity index is 1.73. The molecule has 1 aliphatic rings. The van der Waals surface area contributed by atoms with Gasteiger partial charge in [0.25, 0.3) is 0 Å². The van der Waals surface area contributed by atoms with Crippen molar-refractivity contribution in [3.05, 3.63) is 16.8 Å². The predicted molar refractivity (Wildman–Crippen MR) is 96.6 cm³/mol. The first-order chi connectivity index (χ1) is 10.9. The van der Waals surface area contributed by atoms with E-state index in [1.54, 1.807) is 11.3 Å². The van der Waals surface area contributed by atoms with Gasteiger partial charge in [0.2, 0.25) is 0 Å². The maximum Gasteiger partial charge on any atom is 0.141 e. The van der Waals surface area contributed by atoms with E-state index in [0.717, 1.165) is 42.7 Å². The lowest BCUT2D eigenvalue weighted by atomic mass is 10.2. The van der Waals surface area contributed by atoms with Gasteiger partial charge < -0.3 is 9.64 Å². The summed E-state index contributed by atoms with van der Waals surface area (Å²) < 4.78 is 5.81. The number of hydrogen-bond donors (Lipinski definition) is 0. The van der Waals surface area contributed by atoms with Crippen molar-refractivity contribution in [2.45, 2.75) is 39.9 Å². The number of ether oxygens (including phenoxy) is 1. The van der Waals surface area contributed by atoms with Crippen LogP contribution in [0.25, 0.3) is 10.2 Å². The van der Waals surface area contributed by atoms with Crippen LogP contribution in [0.2, 0.25) is 0 Å². The van der Waals surface area contributed by atoms with Gasteiger partial charge in [0.15, 0.2) is 0 Å². The summed E-state index contributed by atoms with van der Waals surface area (Å²) >= 11 is 1.70. The summed E-state index contributed by atoms with van der Waals surface area (Å²) in [4.78, 5) is 15.1. The van der Waals surface area contributed by atoms with Gasteiger partial charge >= 0.3 is 0 Å². The van der Waals surface area contributed by atoms with E-state index in [0.29, 0.717) is 12.2 Å². The number of aromatic nitrogens is 2. The molecule has 0 bridgehead atoms. The first-order valence-electron chi connectivity index (χ1n) is 8.25. The third-order valence-electron chi connectivity index (χ3n) is 4.32. The highest BCUT2D eigenvalue weighted by Crippen LogP contribution is 2.31. The molecule has 0 spiro atoms. The van der Waals surface area contributed by atoms with Crippen molar-refractivity contribution in [2.75, 3.05) is 38.1 Å². The summed E-state index contributed by atoms with van der Waals surface area (Å²) in [7, 11) is 2.13. The minimum absolute atomic E-state index is 0.316. The second-order valence-corrected chi connectivity index (χ2v) is 7.49. The zero-order chi connectivity index (χ0) is 16.6. The average Bonchev–Trinajstić information content (AvgIpc) is 2.84. The summed E-state index contributed by atoms with van der Waals surface area (Å²) in [6.45, 7) is 12.4. The van der Waals surface area contributed by atoms with Crippen LogP contribution >= 0.6 is 11.3 Å². The van der Waals surface area contributed by atoms with E-state index in [-0.39, 0.29) is 0 Å². The Hall–Kier alpha value is -1.24. The summed E-state index contributed by atoms with van der Waals surface area (Å²) in [5.74, 6) is 1.90. The molecule has 0 saturated carbocycles. The Morgan fingerprint density at radius 1 is 1.26 bits per heavy atom. The van der Waals surface area contributed by atoms with Crippen molar-refractivity contribution < 1.29 is 4.74 Å². The summed E-state index contributed by atoms with van der Waals surface area (Å²) in [5, 5.41) is 3.37. The molecule has 0 radical (unpaired) electrons. The highest BCUT2D eigenvalue weighted by atomic mass is 32.1. The normalized spacial score (nSPS) is 22.7. The van der Waals surface area contributed by atoms with Gasteiger partial charge in [-0.05, 0) is 38.6 Å². The lowest BCUT2D eigenvalue weighted by molar-refractivity contribution is -0.0670. The van der Waals surface area contributed by atoms with Gasteiger partial charge in [-0.2, -0.15) is 0 Å². The lowest BCUT2D eigenvalue weighted by Crippen LogP contribution is -2.47. The monoisotopic (exact) mass is 334 g/mol. The highest BCUT2D eigenvalue weighted by molar-refractivity contribution is 7.17. The number of nitrogens with zero attached hydrogens (tertiary/aromatic N) is 4. The van der Waals surface area contributed by atoms with E-state index in [9.17, 15) is 0 Å².